The molecule has 3 aromatic carbocycles. The van der Waals surface area contributed by atoms with Gasteiger partial charge in [-0.1, -0.05) is 0 Å². The summed E-state index contributed by atoms with van der Waals surface area (Å²) >= 11 is 0. The zero-order chi connectivity index (χ0) is 24.6. The second-order valence-electron chi connectivity index (χ2n) is 7.68. The first-order valence-electron chi connectivity index (χ1n) is 10.1. The van der Waals surface area contributed by atoms with Crippen LogP contribution < -0.4 is 15.0 Å². The van der Waals surface area contributed by atoms with Crippen molar-refractivity contribution >= 4 is 29.2 Å². The minimum Gasteiger partial charge on any atom is -0.483 e. The van der Waals surface area contributed by atoms with Crippen LogP contribution in [0, 0.1) is 17.0 Å². The average Bonchev–Trinajstić information content (AvgIpc) is 3.05. The molecule has 2 atom stereocenters. The first-order valence-corrected chi connectivity index (χ1v) is 10.1. The molecular formula is C24H18F5N3O2. The summed E-state index contributed by atoms with van der Waals surface area (Å²) in [5, 5.41) is 10.7. The highest BCUT2D eigenvalue weighted by Gasteiger charge is 2.50. The highest BCUT2D eigenvalue weighted by molar-refractivity contribution is 6.00. The number of anilines is 3. The number of ether oxygens (including phenoxy) is 1. The fraction of sp³-hybridized carbons (Fsp3) is 0.167. The quantitative estimate of drug-likeness (QED) is 0.345. The smallest absolute Gasteiger partial charge is 0.471 e. The lowest BCUT2D eigenvalue weighted by Crippen LogP contribution is -2.45. The van der Waals surface area contributed by atoms with Crippen LogP contribution in [0.1, 0.15) is 24.2 Å². The van der Waals surface area contributed by atoms with Crippen LogP contribution >= 0.6 is 0 Å². The summed E-state index contributed by atoms with van der Waals surface area (Å²) in [6.45, 7) is 1.38. The second kappa shape index (κ2) is 8.77. The third kappa shape index (κ3) is 4.43. The lowest BCUT2D eigenvalue weighted by molar-refractivity contribution is -0.171. The zero-order valence-electron chi connectivity index (χ0n) is 17.7. The van der Waals surface area contributed by atoms with E-state index in [1.807, 2.05) is 0 Å². The van der Waals surface area contributed by atoms with Gasteiger partial charge in [0.15, 0.2) is 0 Å². The number of fused-ring (bicyclic) bond motifs is 1. The SMILES string of the molecule is C[C@H]1[C@H](Oc2ccc(Nc3ccc(F)cc3)c(C=N)c2)c2cc(F)ccc2N1C(=O)C(F)(F)F. The van der Waals surface area contributed by atoms with E-state index in [0.29, 0.717) is 21.8 Å². The van der Waals surface area contributed by atoms with Crippen LogP contribution in [0.25, 0.3) is 0 Å². The first kappa shape index (κ1) is 23.2. The van der Waals surface area contributed by atoms with E-state index in [0.717, 1.165) is 24.4 Å². The Hall–Kier alpha value is -3.95. The first-order chi connectivity index (χ1) is 16.1. The number of nitrogens with one attached hydrogen (secondary N) is 2. The Labute approximate surface area is 191 Å². The van der Waals surface area contributed by atoms with Crippen LogP contribution in [-0.4, -0.2) is 24.3 Å². The second-order valence-corrected chi connectivity index (χ2v) is 7.68. The lowest BCUT2D eigenvalue weighted by atomic mass is 10.1. The predicted molar refractivity (Wildman–Crippen MR) is 117 cm³/mol. The van der Waals surface area contributed by atoms with E-state index in [4.69, 9.17) is 10.1 Å². The van der Waals surface area contributed by atoms with Crippen molar-refractivity contribution in [2.75, 3.05) is 10.2 Å². The van der Waals surface area contributed by atoms with Gasteiger partial charge in [-0.15, -0.1) is 0 Å². The van der Waals surface area contributed by atoms with Crippen molar-refractivity contribution in [3.63, 3.8) is 0 Å². The highest BCUT2D eigenvalue weighted by atomic mass is 19.4. The minimum atomic E-state index is -5.12. The molecule has 0 fully saturated rings. The maximum Gasteiger partial charge on any atom is 0.471 e. The maximum atomic E-state index is 13.9. The molecule has 2 N–H and O–H groups in total. The van der Waals surface area contributed by atoms with Crippen molar-refractivity contribution in [3.05, 3.63) is 83.4 Å². The van der Waals surface area contributed by atoms with E-state index >= 15 is 0 Å². The Bertz CT molecular complexity index is 1240. The third-order valence-electron chi connectivity index (χ3n) is 5.43. The molecule has 1 heterocycles. The summed E-state index contributed by atoms with van der Waals surface area (Å²) in [6, 6.07) is 12.2. The molecule has 0 aliphatic carbocycles. The Kier molecular flexibility index (Phi) is 5.99. The Morgan fingerprint density at radius 2 is 1.71 bits per heavy atom. The topological polar surface area (TPSA) is 65.4 Å². The van der Waals surface area contributed by atoms with Gasteiger partial charge in [-0.2, -0.15) is 13.2 Å². The number of carbonyl (C=O) groups excluding carboxylic acids is 1. The number of nitrogens with zero attached hydrogens (tertiary/aromatic N) is 1. The van der Waals surface area contributed by atoms with Crippen LogP contribution in [0.3, 0.4) is 0 Å². The van der Waals surface area contributed by atoms with Gasteiger partial charge in [0.05, 0.1) is 11.7 Å². The van der Waals surface area contributed by atoms with Crippen molar-refractivity contribution in [1.29, 1.82) is 5.41 Å². The van der Waals surface area contributed by atoms with E-state index in [2.05, 4.69) is 5.32 Å². The van der Waals surface area contributed by atoms with Gasteiger partial charge >= 0.3 is 12.1 Å². The van der Waals surface area contributed by atoms with Gasteiger partial charge in [0, 0.05) is 28.7 Å². The minimum absolute atomic E-state index is 0.0805. The number of amides is 1. The lowest BCUT2D eigenvalue weighted by Gasteiger charge is -2.26. The van der Waals surface area contributed by atoms with Gasteiger partial charge in [-0.25, -0.2) is 8.78 Å². The van der Waals surface area contributed by atoms with E-state index in [1.165, 1.54) is 43.3 Å². The van der Waals surface area contributed by atoms with Gasteiger partial charge in [0.2, 0.25) is 0 Å². The highest BCUT2D eigenvalue weighted by Crippen LogP contribution is 2.44. The largest absolute Gasteiger partial charge is 0.483 e. The summed E-state index contributed by atoms with van der Waals surface area (Å²) in [6.07, 6.45) is -5.15. The molecule has 3 aromatic rings. The average molecular weight is 475 g/mol. The molecule has 0 unspecified atom stereocenters. The summed E-state index contributed by atoms with van der Waals surface area (Å²) in [7, 11) is 0. The summed E-state index contributed by atoms with van der Waals surface area (Å²) in [4.78, 5) is 12.6. The standard InChI is InChI=1S/C24H18F5N3O2/c1-13-22(19-11-16(26)4-9-21(19)32(13)23(33)24(27,28)29)34-18-7-8-20(14(10-18)12-30)31-17-5-2-15(25)3-6-17/h2-13,22,30-31H,1H3/t13-,22-/m0/s1. The number of hydrogen-bond donors (Lipinski definition) is 2. The number of carbonyl (C=O) groups is 1. The van der Waals surface area contributed by atoms with Crippen LogP contribution in [0.15, 0.2) is 60.7 Å². The number of alkyl halides is 3. The fourth-order valence-corrected chi connectivity index (χ4v) is 3.86. The predicted octanol–water partition coefficient (Wildman–Crippen LogP) is 6.12. The van der Waals surface area contributed by atoms with Crippen molar-refractivity contribution in [3.8, 4) is 5.75 Å². The molecule has 4 rings (SSSR count). The normalized spacial score (nSPS) is 17.3. The third-order valence-corrected chi connectivity index (χ3v) is 5.43. The Balaban J connectivity index is 1.64. The van der Waals surface area contributed by atoms with Crippen molar-refractivity contribution < 1.29 is 31.5 Å². The number of halogens is 5. The van der Waals surface area contributed by atoms with Crippen molar-refractivity contribution in [2.45, 2.75) is 25.2 Å². The van der Waals surface area contributed by atoms with Crippen LogP contribution in [0.5, 0.6) is 5.75 Å². The maximum absolute atomic E-state index is 13.9. The van der Waals surface area contributed by atoms with E-state index < -0.39 is 35.9 Å². The molecule has 10 heteroatoms. The number of hydrogen-bond acceptors (Lipinski definition) is 4. The monoisotopic (exact) mass is 475 g/mol. The summed E-state index contributed by atoms with van der Waals surface area (Å²) in [5.41, 5.74) is 1.50. The number of rotatable bonds is 5. The molecule has 34 heavy (non-hydrogen) atoms. The molecule has 1 amide bonds. The van der Waals surface area contributed by atoms with E-state index in [-0.39, 0.29) is 17.0 Å². The summed E-state index contributed by atoms with van der Waals surface area (Å²) < 4.78 is 72.5. The van der Waals surface area contributed by atoms with Crippen LogP contribution in [-0.2, 0) is 4.79 Å². The molecule has 1 aliphatic heterocycles. The molecule has 0 radical (unpaired) electrons. The number of benzene rings is 3. The van der Waals surface area contributed by atoms with Gasteiger partial charge in [-0.05, 0) is 67.6 Å². The molecule has 0 spiro atoms. The van der Waals surface area contributed by atoms with Gasteiger partial charge in [0.25, 0.3) is 0 Å². The Morgan fingerprint density at radius 1 is 1.03 bits per heavy atom. The van der Waals surface area contributed by atoms with Crippen molar-refractivity contribution in [1.82, 2.24) is 0 Å². The molecular weight excluding hydrogens is 457 g/mol. The molecule has 0 aromatic heterocycles. The molecule has 176 valence electrons. The summed E-state index contributed by atoms with van der Waals surface area (Å²) in [5.74, 6) is -2.95. The zero-order valence-corrected chi connectivity index (χ0v) is 17.7. The Morgan fingerprint density at radius 3 is 2.35 bits per heavy atom. The van der Waals surface area contributed by atoms with Gasteiger partial charge < -0.3 is 15.5 Å². The molecule has 1 aliphatic rings. The molecule has 0 saturated heterocycles. The van der Waals surface area contributed by atoms with Crippen LogP contribution in [0.2, 0.25) is 0 Å². The molecule has 0 saturated carbocycles. The van der Waals surface area contributed by atoms with Crippen LogP contribution in [0.4, 0.5) is 39.0 Å². The van der Waals surface area contributed by atoms with Gasteiger partial charge in [0.1, 0.15) is 23.5 Å². The molecule has 0 bridgehead atoms. The van der Waals surface area contributed by atoms with Crippen molar-refractivity contribution in [2.24, 2.45) is 0 Å². The molecule has 5 nitrogen and oxygen atoms in total. The fourth-order valence-electron chi connectivity index (χ4n) is 3.86. The van der Waals surface area contributed by atoms with E-state index in [1.54, 1.807) is 6.07 Å². The van der Waals surface area contributed by atoms with E-state index in [9.17, 15) is 26.7 Å². The van der Waals surface area contributed by atoms with Gasteiger partial charge in [-0.3, -0.25) is 9.69 Å².